The summed E-state index contributed by atoms with van der Waals surface area (Å²) in [6.07, 6.45) is 9.64. The summed E-state index contributed by atoms with van der Waals surface area (Å²) in [6.45, 7) is 2.12. The summed E-state index contributed by atoms with van der Waals surface area (Å²) in [7, 11) is 0. The van der Waals surface area contributed by atoms with Crippen LogP contribution in [0.4, 0.5) is 0 Å². The van der Waals surface area contributed by atoms with Crippen LogP contribution < -0.4 is 10.6 Å². The minimum Gasteiger partial charge on any atom is -0.360 e. The third-order valence-corrected chi connectivity index (χ3v) is 4.60. The molecule has 1 heterocycles. The minimum atomic E-state index is 0.170. The van der Waals surface area contributed by atoms with Gasteiger partial charge in [-0.15, -0.1) is 0 Å². The molecule has 6 heteroatoms. The van der Waals surface area contributed by atoms with Crippen molar-refractivity contribution < 1.29 is 0 Å². The zero-order chi connectivity index (χ0) is 16.1. The van der Waals surface area contributed by atoms with Crippen LogP contribution in [0.2, 0.25) is 0 Å². The van der Waals surface area contributed by atoms with Gasteiger partial charge < -0.3 is 10.6 Å². The summed E-state index contributed by atoms with van der Waals surface area (Å²) in [5, 5.41) is 11.7. The Hall–Kier alpha value is -1.95. The van der Waals surface area contributed by atoms with E-state index in [1.165, 1.54) is 44.0 Å². The Bertz CT molecular complexity index is 617. The van der Waals surface area contributed by atoms with Gasteiger partial charge in [-0.2, -0.15) is 5.10 Å². The highest BCUT2D eigenvalue weighted by atomic mass is 32.1. The first-order chi connectivity index (χ1) is 11.2. The molecular weight excluding hydrogens is 306 g/mol. The number of thiocarbonyl (C=S) groups is 1. The van der Waals surface area contributed by atoms with Gasteiger partial charge in [-0.25, -0.2) is 9.67 Å². The molecule has 2 N–H and O–H groups in total. The zero-order valence-corrected chi connectivity index (χ0v) is 14.2. The van der Waals surface area contributed by atoms with E-state index in [0.29, 0.717) is 6.04 Å². The molecule has 1 aromatic carbocycles. The third kappa shape index (κ3) is 4.28. The van der Waals surface area contributed by atoms with E-state index in [4.69, 9.17) is 12.2 Å². The lowest BCUT2D eigenvalue weighted by atomic mass is 9.96. The van der Waals surface area contributed by atoms with Crippen LogP contribution in [0.15, 0.2) is 36.9 Å². The van der Waals surface area contributed by atoms with E-state index < -0.39 is 0 Å². The Morgan fingerprint density at radius 2 is 1.96 bits per heavy atom. The summed E-state index contributed by atoms with van der Waals surface area (Å²) in [4.78, 5) is 3.97. The fraction of sp³-hybridized carbons (Fsp3) is 0.471. The fourth-order valence-corrected chi connectivity index (χ4v) is 3.35. The van der Waals surface area contributed by atoms with Crippen LogP contribution in [-0.2, 0) is 0 Å². The van der Waals surface area contributed by atoms with E-state index in [2.05, 4.69) is 39.8 Å². The van der Waals surface area contributed by atoms with Gasteiger partial charge in [0.15, 0.2) is 5.11 Å². The SMILES string of the molecule is C[C@@H](NC(=S)NC1CCCCC1)c1ccc(-n2cncn2)cc1. The molecule has 1 aromatic heterocycles. The van der Waals surface area contributed by atoms with Crippen LogP contribution in [0, 0.1) is 0 Å². The van der Waals surface area contributed by atoms with Gasteiger partial charge in [0.25, 0.3) is 0 Å². The first-order valence-electron chi connectivity index (χ1n) is 8.24. The lowest BCUT2D eigenvalue weighted by Crippen LogP contribution is -2.43. The highest BCUT2D eigenvalue weighted by Gasteiger charge is 2.15. The Morgan fingerprint density at radius 1 is 1.22 bits per heavy atom. The number of nitrogens with one attached hydrogen (secondary N) is 2. The molecule has 0 aliphatic heterocycles. The van der Waals surface area contributed by atoms with Crippen LogP contribution in [0.25, 0.3) is 5.69 Å². The van der Waals surface area contributed by atoms with E-state index in [0.717, 1.165) is 10.8 Å². The molecule has 23 heavy (non-hydrogen) atoms. The molecule has 3 rings (SSSR count). The highest BCUT2D eigenvalue weighted by Crippen LogP contribution is 2.18. The number of nitrogens with zero attached hydrogens (tertiary/aromatic N) is 3. The van der Waals surface area contributed by atoms with Crippen LogP contribution in [0.5, 0.6) is 0 Å². The maximum Gasteiger partial charge on any atom is 0.166 e. The molecule has 0 radical (unpaired) electrons. The molecule has 0 bridgehead atoms. The smallest absolute Gasteiger partial charge is 0.166 e. The predicted octanol–water partition coefficient (Wildman–Crippen LogP) is 3.13. The van der Waals surface area contributed by atoms with Gasteiger partial charge in [0.1, 0.15) is 12.7 Å². The van der Waals surface area contributed by atoms with Gasteiger partial charge >= 0.3 is 0 Å². The van der Waals surface area contributed by atoms with Gasteiger partial charge in [0.05, 0.1) is 11.7 Å². The molecule has 0 amide bonds. The number of aromatic nitrogens is 3. The normalized spacial score (nSPS) is 16.7. The van der Waals surface area contributed by atoms with Gasteiger partial charge in [-0.05, 0) is 49.7 Å². The molecule has 1 saturated carbocycles. The topological polar surface area (TPSA) is 54.8 Å². The van der Waals surface area contributed by atoms with Crippen molar-refractivity contribution in [1.29, 1.82) is 0 Å². The van der Waals surface area contributed by atoms with Crippen LogP contribution in [-0.4, -0.2) is 25.9 Å². The van der Waals surface area contributed by atoms with Crippen molar-refractivity contribution in [3.8, 4) is 5.69 Å². The minimum absolute atomic E-state index is 0.170. The third-order valence-electron chi connectivity index (χ3n) is 4.36. The largest absolute Gasteiger partial charge is 0.360 e. The van der Waals surface area contributed by atoms with Crippen molar-refractivity contribution in [3.05, 3.63) is 42.5 Å². The molecule has 0 saturated heterocycles. The maximum atomic E-state index is 5.46. The average molecular weight is 329 g/mol. The first kappa shape index (κ1) is 15.9. The average Bonchev–Trinajstić information content (AvgIpc) is 3.10. The zero-order valence-electron chi connectivity index (χ0n) is 13.4. The highest BCUT2D eigenvalue weighted by molar-refractivity contribution is 7.80. The second-order valence-electron chi connectivity index (χ2n) is 6.11. The molecule has 1 atom stereocenters. The monoisotopic (exact) mass is 329 g/mol. The molecule has 1 aliphatic rings. The van der Waals surface area contributed by atoms with Crippen molar-refractivity contribution >= 4 is 17.3 Å². The molecule has 0 unspecified atom stereocenters. The van der Waals surface area contributed by atoms with Crippen molar-refractivity contribution in [2.24, 2.45) is 0 Å². The molecule has 0 spiro atoms. The maximum absolute atomic E-state index is 5.46. The van der Waals surface area contributed by atoms with Crippen LogP contribution >= 0.6 is 12.2 Å². The van der Waals surface area contributed by atoms with Crippen molar-refractivity contribution in [1.82, 2.24) is 25.4 Å². The molecule has 122 valence electrons. The number of hydrogen-bond donors (Lipinski definition) is 2. The summed E-state index contributed by atoms with van der Waals surface area (Å²) in [6, 6.07) is 8.98. The quantitative estimate of drug-likeness (QED) is 0.844. The van der Waals surface area contributed by atoms with Gasteiger partial charge in [-0.1, -0.05) is 31.4 Å². The standard InChI is InChI=1S/C17H23N5S/c1-13(20-17(23)21-15-5-3-2-4-6-15)14-7-9-16(10-8-14)22-12-18-11-19-22/h7-13,15H,2-6H2,1H3,(H2,20,21,23)/t13-/m1/s1. The molecule has 1 fully saturated rings. The number of hydrogen-bond acceptors (Lipinski definition) is 3. The molecule has 1 aliphatic carbocycles. The van der Waals surface area contributed by atoms with Crippen molar-refractivity contribution in [2.45, 2.75) is 51.1 Å². The summed E-state index contributed by atoms with van der Waals surface area (Å²) in [5.74, 6) is 0. The second kappa shape index (κ2) is 7.55. The Labute approximate surface area is 142 Å². The van der Waals surface area contributed by atoms with Gasteiger partial charge in [-0.3, -0.25) is 0 Å². The lowest BCUT2D eigenvalue weighted by molar-refractivity contribution is 0.411. The molecule has 2 aromatic rings. The van der Waals surface area contributed by atoms with E-state index in [9.17, 15) is 0 Å². The van der Waals surface area contributed by atoms with Crippen LogP contribution in [0.1, 0.15) is 50.6 Å². The summed E-state index contributed by atoms with van der Waals surface area (Å²) >= 11 is 5.46. The van der Waals surface area contributed by atoms with E-state index in [1.807, 2.05) is 12.1 Å². The second-order valence-corrected chi connectivity index (χ2v) is 6.51. The van der Waals surface area contributed by atoms with Crippen molar-refractivity contribution in [2.75, 3.05) is 0 Å². The first-order valence-corrected chi connectivity index (χ1v) is 8.65. The van der Waals surface area contributed by atoms with Gasteiger partial charge in [0.2, 0.25) is 0 Å². The van der Waals surface area contributed by atoms with Crippen molar-refractivity contribution in [3.63, 3.8) is 0 Å². The predicted molar refractivity (Wildman–Crippen MR) is 95.5 cm³/mol. The Balaban J connectivity index is 1.55. The fourth-order valence-electron chi connectivity index (χ4n) is 3.01. The van der Waals surface area contributed by atoms with Crippen LogP contribution in [0.3, 0.4) is 0 Å². The molecule has 5 nitrogen and oxygen atoms in total. The number of benzene rings is 1. The molecular formula is C17H23N5S. The summed E-state index contributed by atoms with van der Waals surface area (Å²) in [5.41, 5.74) is 2.20. The van der Waals surface area contributed by atoms with Gasteiger partial charge in [0, 0.05) is 6.04 Å². The lowest BCUT2D eigenvalue weighted by Gasteiger charge is -2.26. The van der Waals surface area contributed by atoms with E-state index in [-0.39, 0.29) is 6.04 Å². The Morgan fingerprint density at radius 3 is 2.61 bits per heavy atom. The van der Waals surface area contributed by atoms with E-state index in [1.54, 1.807) is 11.0 Å². The van der Waals surface area contributed by atoms with E-state index >= 15 is 0 Å². The Kier molecular flexibility index (Phi) is 5.23. The number of rotatable bonds is 4. The summed E-state index contributed by atoms with van der Waals surface area (Å²) < 4.78 is 1.75.